The first-order valence-electron chi connectivity index (χ1n) is 8.38. The molecule has 1 N–H and O–H groups in total. The van der Waals surface area contributed by atoms with Gasteiger partial charge in [-0.1, -0.05) is 18.2 Å². The fourth-order valence-corrected chi connectivity index (χ4v) is 2.37. The van der Waals surface area contributed by atoms with E-state index in [1.165, 1.54) is 24.5 Å². The molecule has 0 aliphatic rings. The Morgan fingerprint density at radius 1 is 1.08 bits per heavy atom. The number of carbonyl (C=O) groups excluding carboxylic acids is 1. The minimum absolute atomic E-state index is 0.514. The maximum Gasteiger partial charge on any atom is 0.427 e. The summed E-state index contributed by atoms with van der Waals surface area (Å²) in [6.45, 7) is 5.19. The summed E-state index contributed by atoms with van der Waals surface area (Å²) in [5, 5.41) is 3.82. The topological polar surface area (TPSA) is 69.2 Å². The summed E-state index contributed by atoms with van der Waals surface area (Å²) >= 11 is 0. The van der Waals surface area contributed by atoms with Crippen LogP contribution in [-0.2, 0) is 4.74 Å². The van der Waals surface area contributed by atoms with Crippen LogP contribution in [0.1, 0.15) is 23.1 Å². The summed E-state index contributed by atoms with van der Waals surface area (Å²) < 4.78 is 16.0. The zero-order chi connectivity index (χ0) is 18.8. The van der Waals surface area contributed by atoms with Crippen LogP contribution in [0.5, 0.6) is 11.5 Å². The number of hydrogen-bond donors (Lipinski definition) is 1. The van der Waals surface area contributed by atoms with Gasteiger partial charge < -0.3 is 14.2 Å². The number of rotatable bonds is 8. The summed E-state index contributed by atoms with van der Waals surface area (Å²) in [5.74, 6) is 1.57. The first-order valence-corrected chi connectivity index (χ1v) is 8.38. The molecule has 2 aromatic rings. The molecule has 0 aliphatic heterocycles. The molecule has 6 heteroatoms. The van der Waals surface area contributed by atoms with Gasteiger partial charge in [-0.3, -0.25) is 0 Å². The van der Waals surface area contributed by atoms with Crippen LogP contribution in [0, 0.1) is 13.8 Å². The maximum atomic E-state index is 11.0. The second kappa shape index (κ2) is 10.1. The van der Waals surface area contributed by atoms with Crippen LogP contribution in [0.3, 0.4) is 0 Å². The number of nitrogens with zero attached hydrogens (tertiary/aromatic N) is 1. The zero-order valence-electron chi connectivity index (χ0n) is 15.3. The van der Waals surface area contributed by atoms with Crippen molar-refractivity contribution in [2.45, 2.75) is 20.3 Å². The molecule has 2 rings (SSSR count). The normalized spacial score (nSPS) is 10.6. The highest BCUT2D eigenvalue weighted by molar-refractivity contribution is 5.84. The summed E-state index contributed by atoms with van der Waals surface area (Å²) in [5.41, 5.74) is 5.38. The van der Waals surface area contributed by atoms with Gasteiger partial charge in [-0.2, -0.15) is 5.10 Å². The lowest BCUT2D eigenvalue weighted by atomic mass is 10.1. The van der Waals surface area contributed by atoms with Gasteiger partial charge >= 0.3 is 6.09 Å². The molecule has 0 aliphatic carbocycles. The van der Waals surface area contributed by atoms with Gasteiger partial charge in [0.15, 0.2) is 0 Å². The molecule has 0 saturated heterocycles. The number of amides is 1. The number of methoxy groups -OCH3 is 1. The molecule has 26 heavy (non-hydrogen) atoms. The molecule has 0 radical (unpaired) electrons. The van der Waals surface area contributed by atoms with Gasteiger partial charge in [0, 0.05) is 12.0 Å². The van der Waals surface area contributed by atoms with Crippen LogP contribution in [0.25, 0.3) is 0 Å². The van der Waals surface area contributed by atoms with E-state index in [0.717, 1.165) is 17.7 Å². The number of para-hydroxylation sites is 1. The van der Waals surface area contributed by atoms with Gasteiger partial charge in [0.25, 0.3) is 0 Å². The van der Waals surface area contributed by atoms with Crippen molar-refractivity contribution in [1.82, 2.24) is 5.43 Å². The third kappa shape index (κ3) is 6.47. The monoisotopic (exact) mass is 356 g/mol. The molecule has 2 aromatic carbocycles. The highest BCUT2D eigenvalue weighted by Crippen LogP contribution is 2.17. The number of hydrazone groups is 1. The predicted molar refractivity (Wildman–Crippen MR) is 101 cm³/mol. The minimum Gasteiger partial charge on any atom is -0.493 e. The Hall–Kier alpha value is -3.02. The van der Waals surface area contributed by atoms with E-state index in [2.05, 4.69) is 35.2 Å². The van der Waals surface area contributed by atoms with Crippen molar-refractivity contribution in [2.75, 3.05) is 20.3 Å². The Morgan fingerprint density at radius 3 is 2.50 bits per heavy atom. The first-order chi connectivity index (χ1) is 12.6. The van der Waals surface area contributed by atoms with E-state index in [4.69, 9.17) is 9.47 Å². The molecule has 0 heterocycles. The Labute approximate surface area is 153 Å². The number of aryl methyl sites for hydroxylation is 2. The van der Waals surface area contributed by atoms with Crippen LogP contribution in [0.2, 0.25) is 0 Å². The van der Waals surface area contributed by atoms with Gasteiger partial charge in [0.2, 0.25) is 0 Å². The van der Waals surface area contributed by atoms with Crippen molar-refractivity contribution in [1.29, 1.82) is 0 Å². The number of carbonyl (C=O) groups is 1. The zero-order valence-corrected chi connectivity index (χ0v) is 15.3. The number of ether oxygens (including phenoxy) is 3. The minimum atomic E-state index is -0.622. The second-order valence-corrected chi connectivity index (χ2v) is 5.77. The molecule has 0 aromatic heterocycles. The number of hydrogen-bond acceptors (Lipinski definition) is 5. The van der Waals surface area contributed by atoms with E-state index in [0.29, 0.717) is 19.0 Å². The molecule has 138 valence electrons. The van der Waals surface area contributed by atoms with E-state index in [-0.39, 0.29) is 0 Å². The Balaban J connectivity index is 1.79. The summed E-state index contributed by atoms with van der Waals surface area (Å²) in [4.78, 5) is 11.0. The molecule has 0 spiro atoms. The van der Waals surface area contributed by atoms with Crippen molar-refractivity contribution < 1.29 is 19.0 Å². The van der Waals surface area contributed by atoms with Crippen molar-refractivity contribution in [2.24, 2.45) is 5.10 Å². The molecule has 0 unspecified atom stereocenters. The van der Waals surface area contributed by atoms with Crippen molar-refractivity contribution in [3.63, 3.8) is 0 Å². The lowest BCUT2D eigenvalue weighted by Crippen LogP contribution is -2.16. The largest absolute Gasteiger partial charge is 0.493 e. The smallest absolute Gasteiger partial charge is 0.427 e. The fraction of sp³-hybridized carbons (Fsp3) is 0.300. The summed E-state index contributed by atoms with van der Waals surface area (Å²) in [7, 11) is 1.28. The van der Waals surface area contributed by atoms with Crippen LogP contribution in [0.15, 0.2) is 47.6 Å². The Bertz CT molecular complexity index is 739. The van der Waals surface area contributed by atoms with E-state index < -0.39 is 6.09 Å². The molecule has 6 nitrogen and oxygen atoms in total. The van der Waals surface area contributed by atoms with Gasteiger partial charge in [0.05, 0.1) is 26.5 Å². The van der Waals surface area contributed by atoms with E-state index >= 15 is 0 Å². The van der Waals surface area contributed by atoms with Crippen LogP contribution < -0.4 is 14.9 Å². The predicted octanol–water partition coefficient (Wildman–Crippen LogP) is 3.84. The van der Waals surface area contributed by atoms with Crippen molar-refractivity contribution in [3.05, 3.63) is 59.2 Å². The molecule has 1 amide bonds. The highest BCUT2D eigenvalue weighted by Gasteiger charge is 2.02. The van der Waals surface area contributed by atoms with E-state index in [9.17, 15) is 4.79 Å². The van der Waals surface area contributed by atoms with Gasteiger partial charge in [-0.05, 0) is 49.2 Å². The molecule has 0 saturated carbocycles. The highest BCUT2D eigenvalue weighted by atomic mass is 16.5. The van der Waals surface area contributed by atoms with Crippen LogP contribution in [0.4, 0.5) is 4.79 Å². The van der Waals surface area contributed by atoms with Gasteiger partial charge in [0.1, 0.15) is 11.5 Å². The van der Waals surface area contributed by atoms with Crippen LogP contribution >= 0.6 is 0 Å². The van der Waals surface area contributed by atoms with Gasteiger partial charge in [-0.15, -0.1) is 0 Å². The number of benzene rings is 2. The van der Waals surface area contributed by atoms with E-state index in [1.54, 1.807) is 0 Å². The quantitative estimate of drug-likeness (QED) is 0.443. The van der Waals surface area contributed by atoms with Crippen LogP contribution in [-0.4, -0.2) is 32.6 Å². The van der Waals surface area contributed by atoms with Crippen molar-refractivity contribution in [3.8, 4) is 11.5 Å². The molecular weight excluding hydrogens is 332 g/mol. The third-order valence-corrected chi connectivity index (χ3v) is 3.47. The lowest BCUT2D eigenvalue weighted by molar-refractivity contribution is 0.171. The summed E-state index contributed by atoms with van der Waals surface area (Å²) in [6.07, 6.45) is 1.64. The number of nitrogens with one attached hydrogen (secondary N) is 1. The Morgan fingerprint density at radius 2 is 1.77 bits per heavy atom. The first kappa shape index (κ1) is 19.3. The van der Waals surface area contributed by atoms with Gasteiger partial charge in [-0.25, -0.2) is 10.2 Å². The summed E-state index contributed by atoms with van der Waals surface area (Å²) in [6, 6.07) is 13.6. The standard InChI is InChI=1S/C20H24N2O4/c1-15-11-16(2)13-18(12-15)25-9-6-10-26-19-8-5-4-7-17(19)14-21-22-20(23)24-3/h4-5,7-8,11-14H,6,9-10H2,1-3H3,(H,22,23)/b21-14-. The maximum absolute atomic E-state index is 11.0. The average molecular weight is 356 g/mol. The Kier molecular flexibility index (Phi) is 7.49. The fourth-order valence-electron chi connectivity index (χ4n) is 2.37. The SMILES string of the molecule is COC(=O)N/N=C\c1ccccc1OCCCOc1cc(C)cc(C)c1. The molecular formula is C20H24N2O4. The molecule has 0 fully saturated rings. The molecule has 0 atom stereocenters. The van der Waals surface area contributed by atoms with E-state index in [1.807, 2.05) is 36.4 Å². The van der Waals surface area contributed by atoms with Crippen molar-refractivity contribution >= 4 is 12.3 Å². The second-order valence-electron chi connectivity index (χ2n) is 5.77. The lowest BCUT2D eigenvalue weighted by Gasteiger charge is -2.10. The molecule has 0 bridgehead atoms. The third-order valence-electron chi connectivity index (χ3n) is 3.47. The average Bonchev–Trinajstić information content (AvgIpc) is 2.61.